The third-order valence-corrected chi connectivity index (χ3v) is 4.40. The van der Waals surface area contributed by atoms with Gasteiger partial charge in [-0.1, -0.05) is 6.07 Å². The summed E-state index contributed by atoms with van der Waals surface area (Å²) >= 11 is 0. The molecular formula is C22H28N2O10. The Kier molecular flexibility index (Phi) is 10.7. The van der Waals surface area contributed by atoms with Gasteiger partial charge in [-0.05, 0) is 17.2 Å². The van der Waals surface area contributed by atoms with E-state index in [1.54, 1.807) is 0 Å². The number of benzene rings is 1. The van der Waals surface area contributed by atoms with Gasteiger partial charge in [0.15, 0.2) is 0 Å². The van der Waals surface area contributed by atoms with Gasteiger partial charge in [-0.25, -0.2) is 0 Å². The lowest BCUT2D eigenvalue weighted by Gasteiger charge is -2.23. The van der Waals surface area contributed by atoms with Crippen molar-refractivity contribution in [2.45, 2.75) is 52.7 Å². The lowest BCUT2D eigenvalue weighted by atomic mass is 9.89. The van der Waals surface area contributed by atoms with Gasteiger partial charge in [-0.2, -0.15) is 0 Å². The Balaban J connectivity index is 3.51. The monoisotopic (exact) mass is 480 g/mol. The van der Waals surface area contributed by atoms with E-state index in [-0.39, 0.29) is 48.3 Å². The molecule has 0 heterocycles. The molecule has 0 aliphatic carbocycles. The van der Waals surface area contributed by atoms with E-state index < -0.39 is 47.9 Å². The van der Waals surface area contributed by atoms with E-state index in [1.807, 2.05) is 0 Å². The molecule has 12 nitrogen and oxygen atoms in total. The van der Waals surface area contributed by atoms with Crippen LogP contribution in [0.15, 0.2) is 12.1 Å². The van der Waals surface area contributed by atoms with E-state index in [0.29, 0.717) is 0 Å². The molecule has 34 heavy (non-hydrogen) atoms. The van der Waals surface area contributed by atoms with E-state index in [0.717, 1.165) is 20.8 Å². The van der Waals surface area contributed by atoms with Crippen LogP contribution in [-0.4, -0.2) is 61.1 Å². The molecule has 2 unspecified atom stereocenters. The van der Waals surface area contributed by atoms with Gasteiger partial charge in [0.05, 0.1) is 0 Å². The van der Waals surface area contributed by atoms with Gasteiger partial charge < -0.3 is 30.4 Å². The molecular weight excluding hydrogens is 452 g/mol. The highest BCUT2D eigenvalue weighted by Gasteiger charge is 2.27. The number of esters is 4. The maximum Gasteiger partial charge on any atom is 0.303 e. The molecule has 1 aromatic carbocycles. The molecule has 2 atom stereocenters. The van der Waals surface area contributed by atoms with Crippen LogP contribution < -0.4 is 11.5 Å². The summed E-state index contributed by atoms with van der Waals surface area (Å²) < 4.78 is 20.2. The highest BCUT2D eigenvalue weighted by Crippen LogP contribution is 2.24. The first kappa shape index (κ1) is 28.1. The van der Waals surface area contributed by atoms with E-state index in [4.69, 9.17) is 30.4 Å². The average Bonchev–Trinajstić information content (AvgIpc) is 2.68. The van der Waals surface area contributed by atoms with Crippen LogP contribution in [0.2, 0.25) is 0 Å². The van der Waals surface area contributed by atoms with Crippen LogP contribution in [0, 0.1) is 0 Å². The number of hydrogen-bond donors (Lipinski definition) is 2. The molecule has 1 aromatic rings. The maximum atomic E-state index is 12.4. The van der Waals surface area contributed by atoms with Gasteiger partial charge >= 0.3 is 23.9 Å². The zero-order valence-corrected chi connectivity index (χ0v) is 19.4. The van der Waals surface area contributed by atoms with Gasteiger partial charge in [0.1, 0.15) is 25.4 Å². The Morgan fingerprint density at radius 1 is 0.706 bits per heavy atom. The van der Waals surface area contributed by atoms with Crippen LogP contribution in [0.5, 0.6) is 0 Å². The Morgan fingerprint density at radius 2 is 1.18 bits per heavy atom. The topological polar surface area (TPSA) is 191 Å². The zero-order valence-electron chi connectivity index (χ0n) is 19.4. The summed E-state index contributed by atoms with van der Waals surface area (Å²) in [6.07, 6.45) is -2.35. The molecule has 2 amide bonds. The van der Waals surface area contributed by atoms with Crippen molar-refractivity contribution in [3.63, 3.8) is 0 Å². The predicted octanol–water partition coefficient (Wildman–Crippen LogP) is -0.0410. The minimum Gasteiger partial charge on any atom is -0.462 e. The number of nitrogens with two attached hydrogens (primary N) is 2. The van der Waals surface area contributed by atoms with Gasteiger partial charge in [0.2, 0.25) is 11.8 Å². The van der Waals surface area contributed by atoms with Crippen molar-refractivity contribution in [3.8, 4) is 0 Å². The van der Waals surface area contributed by atoms with Crippen LogP contribution in [0.25, 0.3) is 0 Å². The molecule has 0 aliphatic heterocycles. The molecule has 0 bridgehead atoms. The van der Waals surface area contributed by atoms with Crippen molar-refractivity contribution >= 4 is 35.7 Å². The molecule has 0 spiro atoms. The third kappa shape index (κ3) is 9.27. The number of ether oxygens (including phenoxy) is 4. The third-order valence-electron chi connectivity index (χ3n) is 4.40. The Labute approximate surface area is 195 Å². The minimum absolute atomic E-state index is 0.0602. The first-order valence-electron chi connectivity index (χ1n) is 10.2. The molecule has 0 radical (unpaired) electrons. The van der Waals surface area contributed by atoms with Gasteiger partial charge in [-0.15, -0.1) is 0 Å². The van der Waals surface area contributed by atoms with E-state index in [9.17, 15) is 28.8 Å². The van der Waals surface area contributed by atoms with Crippen molar-refractivity contribution in [2.24, 2.45) is 11.5 Å². The SMILES string of the molecule is CC(=O)OCC(Cc1ccc(C(N)=O)c(CC(COC(C)=O)OC(C)=O)c1C(N)=O)OC(C)=O. The maximum absolute atomic E-state index is 12.4. The summed E-state index contributed by atoms with van der Waals surface area (Å²) in [4.78, 5) is 69.9. The van der Waals surface area contributed by atoms with Gasteiger partial charge in [-0.3, -0.25) is 28.8 Å². The van der Waals surface area contributed by atoms with Crippen molar-refractivity contribution in [3.05, 3.63) is 34.4 Å². The first-order valence-corrected chi connectivity index (χ1v) is 10.2. The lowest BCUT2D eigenvalue weighted by Crippen LogP contribution is -2.31. The average molecular weight is 480 g/mol. The quantitative estimate of drug-likeness (QED) is 0.303. The van der Waals surface area contributed by atoms with Gasteiger partial charge in [0, 0.05) is 51.7 Å². The number of primary amides is 2. The highest BCUT2D eigenvalue weighted by molar-refractivity contribution is 6.02. The second-order valence-electron chi connectivity index (χ2n) is 7.33. The molecule has 0 aliphatic rings. The minimum atomic E-state index is -1.06. The molecule has 0 fully saturated rings. The lowest BCUT2D eigenvalue weighted by molar-refractivity contribution is -0.156. The summed E-state index contributed by atoms with van der Waals surface area (Å²) in [5.74, 6) is -4.39. The molecule has 0 aromatic heterocycles. The van der Waals surface area contributed by atoms with Crippen molar-refractivity contribution in [2.75, 3.05) is 13.2 Å². The van der Waals surface area contributed by atoms with Crippen molar-refractivity contribution in [1.29, 1.82) is 0 Å². The molecule has 0 saturated heterocycles. The first-order chi connectivity index (χ1) is 15.8. The molecule has 186 valence electrons. The Hall–Kier alpha value is -3.96. The van der Waals surface area contributed by atoms with Crippen LogP contribution in [0.4, 0.5) is 0 Å². The highest BCUT2D eigenvalue weighted by atomic mass is 16.6. The Bertz CT molecular complexity index is 973. The van der Waals surface area contributed by atoms with Crippen LogP contribution in [-0.2, 0) is 51.0 Å². The number of carbonyl (C=O) groups excluding carboxylic acids is 6. The fourth-order valence-corrected chi connectivity index (χ4v) is 3.25. The van der Waals surface area contributed by atoms with Crippen molar-refractivity contribution < 1.29 is 47.7 Å². The molecule has 4 N–H and O–H groups in total. The predicted molar refractivity (Wildman–Crippen MR) is 115 cm³/mol. The Morgan fingerprint density at radius 3 is 1.56 bits per heavy atom. The zero-order chi connectivity index (χ0) is 26.0. The second-order valence-corrected chi connectivity index (χ2v) is 7.33. The number of carbonyl (C=O) groups is 6. The fourth-order valence-electron chi connectivity index (χ4n) is 3.25. The van der Waals surface area contributed by atoms with E-state index in [2.05, 4.69) is 0 Å². The molecule has 1 rings (SSSR count). The molecule has 0 saturated carbocycles. The summed E-state index contributed by atoms with van der Waals surface area (Å²) in [6, 6.07) is 2.74. The summed E-state index contributed by atoms with van der Waals surface area (Å²) in [5, 5.41) is 0. The standard InChI is InChI=1S/C22H28N2O10/c1-11(25)31-9-16(33-13(3)27)7-15-5-6-18(21(23)29)19(20(15)22(24)30)8-17(34-14(4)28)10-32-12(2)26/h5-6,16-17H,7-10H2,1-4H3,(H2,23,29)(H2,24,30). The number of rotatable bonds is 12. The second kappa shape index (κ2) is 12.9. The summed E-state index contributed by atoms with van der Waals surface area (Å²) in [7, 11) is 0. The van der Waals surface area contributed by atoms with Crippen LogP contribution >= 0.6 is 0 Å². The molecule has 12 heteroatoms. The summed E-state index contributed by atoms with van der Waals surface area (Å²) in [5.41, 5.74) is 11.2. The van der Waals surface area contributed by atoms with Crippen LogP contribution in [0.3, 0.4) is 0 Å². The fraction of sp³-hybridized carbons (Fsp3) is 0.455. The van der Waals surface area contributed by atoms with Crippen molar-refractivity contribution in [1.82, 2.24) is 0 Å². The normalized spacial score (nSPS) is 12.1. The smallest absolute Gasteiger partial charge is 0.303 e. The summed E-state index contributed by atoms with van der Waals surface area (Å²) in [6.45, 7) is 4.00. The largest absolute Gasteiger partial charge is 0.462 e. The van der Waals surface area contributed by atoms with Gasteiger partial charge in [0.25, 0.3) is 0 Å². The number of hydrogen-bond acceptors (Lipinski definition) is 10. The van der Waals surface area contributed by atoms with E-state index in [1.165, 1.54) is 19.1 Å². The number of amides is 2. The van der Waals surface area contributed by atoms with E-state index >= 15 is 0 Å². The van der Waals surface area contributed by atoms with Crippen LogP contribution in [0.1, 0.15) is 59.5 Å².